The van der Waals surface area contributed by atoms with Crippen molar-refractivity contribution in [3.63, 3.8) is 0 Å². The fraction of sp³-hybridized carbons (Fsp3) is 0.143. The summed E-state index contributed by atoms with van der Waals surface area (Å²) in [6, 6.07) is 0. The maximum Gasteiger partial charge on any atom is 0.279 e. The summed E-state index contributed by atoms with van der Waals surface area (Å²) in [5, 5.41) is -1.26. The topological polar surface area (TPSA) is 76.0 Å². The first-order chi connectivity index (χ1) is 6.45. The number of hydrogen-bond acceptors (Lipinski definition) is 3. The molecule has 0 radical (unpaired) electrons. The highest BCUT2D eigenvalue weighted by Gasteiger charge is 2.22. The third-order valence-electron chi connectivity index (χ3n) is 1.56. The minimum Gasteiger partial charge on any atom is -0.394 e. The summed E-state index contributed by atoms with van der Waals surface area (Å²) in [6.07, 6.45) is -2.09. The van der Waals surface area contributed by atoms with Crippen LogP contribution in [0.15, 0.2) is 11.0 Å². The SMILES string of the molecule is Nc1c[nH]c(C(F)F)c(C(=O)Cl)c1=O. The molecule has 0 spiro atoms. The first-order valence-corrected chi connectivity index (χ1v) is 3.82. The molecule has 0 bridgehead atoms. The molecule has 0 unspecified atom stereocenters. The van der Waals surface area contributed by atoms with Crippen molar-refractivity contribution in [3.8, 4) is 0 Å². The highest BCUT2D eigenvalue weighted by atomic mass is 35.5. The smallest absolute Gasteiger partial charge is 0.279 e. The average Bonchev–Trinajstić information content (AvgIpc) is 2.08. The van der Waals surface area contributed by atoms with Crippen molar-refractivity contribution in [2.75, 3.05) is 5.73 Å². The number of carbonyl (C=O) groups excluding carboxylic acids is 1. The lowest BCUT2D eigenvalue weighted by Crippen LogP contribution is -2.20. The molecular weight excluding hydrogens is 218 g/mol. The molecule has 0 amide bonds. The number of nitrogens with two attached hydrogens (primary N) is 1. The van der Waals surface area contributed by atoms with Gasteiger partial charge >= 0.3 is 0 Å². The Hall–Kier alpha value is -1.43. The summed E-state index contributed by atoms with van der Waals surface area (Å²) in [5.41, 5.74) is 2.19. The Kier molecular flexibility index (Phi) is 2.85. The molecule has 1 aromatic rings. The van der Waals surface area contributed by atoms with Gasteiger partial charge in [0.05, 0.1) is 11.4 Å². The molecule has 7 heteroatoms. The molecule has 0 atom stereocenters. The molecule has 76 valence electrons. The first kappa shape index (κ1) is 10.6. The van der Waals surface area contributed by atoms with Crippen LogP contribution in [0.3, 0.4) is 0 Å². The Morgan fingerprint density at radius 3 is 2.57 bits per heavy atom. The number of H-pyrrole nitrogens is 1. The van der Waals surface area contributed by atoms with Gasteiger partial charge in [-0.15, -0.1) is 0 Å². The van der Waals surface area contributed by atoms with Gasteiger partial charge in [0.15, 0.2) is 0 Å². The van der Waals surface area contributed by atoms with E-state index >= 15 is 0 Å². The van der Waals surface area contributed by atoms with Gasteiger partial charge in [0.25, 0.3) is 11.7 Å². The molecule has 1 rings (SSSR count). The van der Waals surface area contributed by atoms with Gasteiger partial charge in [0.1, 0.15) is 5.56 Å². The molecule has 0 aromatic carbocycles. The van der Waals surface area contributed by atoms with E-state index in [-0.39, 0.29) is 5.69 Å². The molecule has 0 aliphatic rings. The molecule has 14 heavy (non-hydrogen) atoms. The average molecular weight is 223 g/mol. The highest BCUT2D eigenvalue weighted by molar-refractivity contribution is 6.67. The number of pyridine rings is 1. The monoisotopic (exact) mass is 222 g/mol. The second kappa shape index (κ2) is 3.75. The predicted molar refractivity (Wildman–Crippen MR) is 46.6 cm³/mol. The number of halogens is 3. The van der Waals surface area contributed by atoms with Crippen LogP contribution in [0.5, 0.6) is 0 Å². The second-order valence-corrected chi connectivity index (χ2v) is 2.78. The standard InChI is InChI=1S/C7H5ClF2N2O2/c8-6(14)3-4(7(9)10)12-1-2(11)5(3)13/h1,7H,11H2,(H,12,13). The number of aromatic amines is 1. The number of rotatable bonds is 2. The first-order valence-electron chi connectivity index (χ1n) is 3.44. The maximum atomic E-state index is 12.3. The van der Waals surface area contributed by atoms with Crippen molar-refractivity contribution >= 4 is 22.5 Å². The molecule has 0 aliphatic heterocycles. The molecule has 0 saturated heterocycles. The zero-order chi connectivity index (χ0) is 10.9. The van der Waals surface area contributed by atoms with E-state index in [0.717, 1.165) is 6.20 Å². The van der Waals surface area contributed by atoms with Crippen LogP contribution in [0.25, 0.3) is 0 Å². The normalized spacial score (nSPS) is 10.6. The Labute approximate surface area is 81.7 Å². The fourth-order valence-electron chi connectivity index (χ4n) is 0.927. The number of carbonyl (C=O) groups is 1. The zero-order valence-electron chi connectivity index (χ0n) is 6.68. The van der Waals surface area contributed by atoms with Gasteiger partial charge in [-0.25, -0.2) is 8.78 Å². The van der Waals surface area contributed by atoms with E-state index in [9.17, 15) is 18.4 Å². The highest BCUT2D eigenvalue weighted by Crippen LogP contribution is 2.20. The number of aromatic nitrogens is 1. The van der Waals surface area contributed by atoms with Gasteiger partial charge in [-0.1, -0.05) is 0 Å². The molecule has 0 aliphatic carbocycles. The Balaban J connectivity index is 3.54. The third kappa shape index (κ3) is 1.74. The van der Waals surface area contributed by atoms with Crippen LogP contribution in [0.4, 0.5) is 14.5 Å². The van der Waals surface area contributed by atoms with E-state index < -0.39 is 28.4 Å². The van der Waals surface area contributed by atoms with Crippen LogP contribution in [0.1, 0.15) is 22.5 Å². The van der Waals surface area contributed by atoms with Gasteiger partial charge < -0.3 is 10.7 Å². The van der Waals surface area contributed by atoms with Crippen LogP contribution >= 0.6 is 11.6 Å². The number of alkyl halides is 2. The molecular formula is C7H5ClF2N2O2. The van der Waals surface area contributed by atoms with Gasteiger partial charge in [0.2, 0.25) is 5.43 Å². The quantitative estimate of drug-likeness (QED) is 0.740. The second-order valence-electron chi connectivity index (χ2n) is 2.44. The third-order valence-corrected chi connectivity index (χ3v) is 1.75. The largest absolute Gasteiger partial charge is 0.394 e. The molecule has 3 N–H and O–H groups in total. The lowest BCUT2D eigenvalue weighted by molar-refractivity contribution is 0.106. The number of nitrogens with one attached hydrogen (secondary N) is 1. The van der Waals surface area contributed by atoms with E-state index in [0.29, 0.717) is 0 Å². The summed E-state index contributed by atoms with van der Waals surface area (Å²) in [7, 11) is 0. The summed E-state index contributed by atoms with van der Waals surface area (Å²) >= 11 is 4.98. The van der Waals surface area contributed by atoms with Crippen LogP contribution in [0.2, 0.25) is 0 Å². The maximum absolute atomic E-state index is 12.3. The molecule has 1 aromatic heterocycles. The predicted octanol–water partition coefficient (Wildman–Crippen LogP) is 1.27. The molecule has 0 fully saturated rings. The number of hydrogen-bond donors (Lipinski definition) is 2. The lowest BCUT2D eigenvalue weighted by atomic mass is 10.2. The molecule has 0 saturated carbocycles. The number of nitrogen functional groups attached to an aromatic ring is 1. The van der Waals surface area contributed by atoms with Crippen molar-refractivity contribution < 1.29 is 13.6 Å². The zero-order valence-corrected chi connectivity index (χ0v) is 7.44. The van der Waals surface area contributed by atoms with E-state index in [1.807, 2.05) is 4.98 Å². The van der Waals surface area contributed by atoms with Gasteiger partial charge in [-0.3, -0.25) is 9.59 Å². The Morgan fingerprint density at radius 1 is 1.57 bits per heavy atom. The number of anilines is 1. The van der Waals surface area contributed by atoms with E-state index in [1.54, 1.807) is 0 Å². The van der Waals surface area contributed by atoms with Crippen LogP contribution in [0, 0.1) is 0 Å². The van der Waals surface area contributed by atoms with Gasteiger partial charge in [0, 0.05) is 6.20 Å². The van der Waals surface area contributed by atoms with E-state index in [1.165, 1.54) is 0 Å². The van der Waals surface area contributed by atoms with Crippen LogP contribution in [-0.4, -0.2) is 10.2 Å². The van der Waals surface area contributed by atoms with Crippen molar-refractivity contribution in [3.05, 3.63) is 27.7 Å². The van der Waals surface area contributed by atoms with Gasteiger partial charge in [-0.2, -0.15) is 0 Å². The fourth-order valence-corrected chi connectivity index (χ4v) is 1.11. The van der Waals surface area contributed by atoms with Crippen molar-refractivity contribution in [2.24, 2.45) is 0 Å². The molecule has 4 nitrogen and oxygen atoms in total. The van der Waals surface area contributed by atoms with Crippen molar-refractivity contribution in [1.29, 1.82) is 0 Å². The van der Waals surface area contributed by atoms with Crippen molar-refractivity contribution in [2.45, 2.75) is 6.43 Å². The summed E-state index contributed by atoms with van der Waals surface area (Å²) < 4.78 is 24.6. The Bertz CT molecular complexity index is 430. The van der Waals surface area contributed by atoms with Crippen molar-refractivity contribution in [1.82, 2.24) is 4.98 Å². The Morgan fingerprint density at radius 2 is 2.14 bits per heavy atom. The minimum atomic E-state index is -2.99. The minimum absolute atomic E-state index is 0.335. The van der Waals surface area contributed by atoms with Gasteiger partial charge in [-0.05, 0) is 11.6 Å². The lowest BCUT2D eigenvalue weighted by Gasteiger charge is -2.04. The summed E-state index contributed by atoms with van der Waals surface area (Å²) in [6.45, 7) is 0. The van der Waals surface area contributed by atoms with E-state index in [4.69, 9.17) is 17.3 Å². The summed E-state index contributed by atoms with van der Waals surface area (Å²) in [4.78, 5) is 23.9. The van der Waals surface area contributed by atoms with Crippen LogP contribution in [-0.2, 0) is 0 Å². The molecule has 1 heterocycles. The summed E-state index contributed by atoms with van der Waals surface area (Å²) in [5.74, 6) is 0. The van der Waals surface area contributed by atoms with Crippen LogP contribution < -0.4 is 11.2 Å². The van der Waals surface area contributed by atoms with E-state index in [2.05, 4.69) is 0 Å².